The summed E-state index contributed by atoms with van der Waals surface area (Å²) in [6.07, 6.45) is 2.24. The summed E-state index contributed by atoms with van der Waals surface area (Å²) in [6, 6.07) is 7.86. The van der Waals surface area contributed by atoms with Gasteiger partial charge in [-0.1, -0.05) is 31.5 Å². The zero-order chi connectivity index (χ0) is 13.9. The molecule has 1 aromatic rings. The van der Waals surface area contributed by atoms with Gasteiger partial charge in [0.25, 0.3) is 0 Å². The van der Waals surface area contributed by atoms with Crippen LogP contribution in [0.2, 0.25) is 0 Å². The Hall–Kier alpha value is -1.55. The number of hydrogen-bond donors (Lipinski definition) is 2. The molecule has 0 amide bonds. The Morgan fingerprint density at radius 1 is 1.53 bits per heavy atom. The molecule has 0 aromatic heterocycles. The van der Waals surface area contributed by atoms with Crippen molar-refractivity contribution in [2.24, 2.45) is 0 Å². The van der Waals surface area contributed by atoms with Crippen LogP contribution in [0.25, 0.3) is 0 Å². The van der Waals surface area contributed by atoms with Gasteiger partial charge in [0.2, 0.25) is 0 Å². The molecule has 1 heterocycles. The van der Waals surface area contributed by atoms with Crippen LogP contribution in [0.4, 0.5) is 0 Å². The number of carboxylic acids is 1. The summed E-state index contributed by atoms with van der Waals surface area (Å²) in [5.74, 6) is 0.0637. The monoisotopic (exact) mass is 263 g/mol. The summed E-state index contributed by atoms with van der Waals surface area (Å²) >= 11 is 0. The molecule has 1 aromatic carbocycles. The predicted molar refractivity (Wildman–Crippen MR) is 73.4 cm³/mol. The van der Waals surface area contributed by atoms with Gasteiger partial charge in [-0.05, 0) is 19.4 Å². The molecule has 0 radical (unpaired) electrons. The first-order valence-electron chi connectivity index (χ1n) is 6.79. The fourth-order valence-electron chi connectivity index (χ4n) is 2.62. The smallest absolute Gasteiger partial charge is 0.323 e. The highest BCUT2D eigenvalue weighted by molar-refractivity contribution is 5.78. The Labute approximate surface area is 113 Å². The lowest BCUT2D eigenvalue weighted by atomic mass is 9.91. The average Bonchev–Trinajstić information content (AvgIpc) is 2.39. The minimum Gasteiger partial charge on any atom is -0.493 e. The second-order valence-electron chi connectivity index (χ2n) is 5.26. The van der Waals surface area contributed by atoms with Gasteiger partial charge in [0, 0.05) is 18.0 Å². The number of fused-ring (bicyclic) bond motifs is 1. The molecule has 0 aliphatic carbocycles. The summed E-state index contributed by atoms with van der Waals surface area (Å²) in [7, 11) is 0. The van der Waals surface area contributed by atoms with Crippen molar-refractivity contribution >= 4 is 5.97 Å². The van der Waals surface area contributed by atoms with E-state index in [9.17, 15) is 9.90 Å². The van der Waals surface area contributed by atoms with Crippen LogP contribution in [-0.4, -0.2) is 23.2 Å². The van der Waals surface area contributed by atoms with Crippen molar-refractivity contribution in [1.29, 1.82) is 0 Å². The van der Waals surface area contributed by atoms with Crippen LogP contribution < -0.4 is 10.1 Å². The molecular weight excluding hydrogens is 242 g/mol. The summed E-state index contributed by atoms with van der Waals surface area (Å²) in [6.45, 7) is 4.38. The van der Waals surface area contributed by atoms with Crippen molar-refractivity contribution in [1.82, 2.24) is 5.32 Å². The molecule has 0 saturated carbocycles. The second-order valence-corrected chi connectivity index (χ2v) is 5.26. The number of benzene rings is 1. The predicted octanol–water partition coefficient (Wildman–Crippen LogP) is 2.74. The fourth-order valence-corrected chi connectivity index (χ4v) is 2.62. The topological polar surface area (TPSA) is 58.6 Å². The highest BCUT2D eigenvalue weighted by Gasteiger charge is 2.36. The molecule has 2 rings (SSSR count). The van der Waals surface area contributed by atoms with Crippen LogP contribution in [0.3, 0.4) is 0 Å². The van der Waals surface area contributed by atoms with E-state index in [2.05, 4.69) is 5.32 Å². The molecule has 1 aliphatic heterocycles. The third kappa shape index (κ3) is 2.89. The van der Waals surface area contributed by atoms with Crippen LogP contribution in [0.5, 0.6) is 5.75 Å². The molecule has 2 atom stereocenters. The van der Waals surface area contributed by atoms with Gasteiger partial charge in [-0.3, -0.25) is 10.1 Å². The van der Waals surface area contributed by atoms with E-state index in [1.54, 1.807) is 6.92 Å². The lowest BCUT2D eigenvalue weighted by Gasteiger charge is -2.34. The quantitative estimate of drug-likeness (QED) is 0.857. The molecule has 0 fully saturated rings. The molecular formula is C15H21NO3. The van der Waals surface area contributed by atoms with Crippen molar-refractivity contribution in [3.63, 3.8) is 0 Å². The summed E-state index contributed by atoms with van der Waals surface area (Å²) < 4.78 is 5.60. The largest absolute Gasteiger partial charge is 0.493 e. The second kappa shape index (κ2) is 5.61. The molecule has 104 valence electrons. The maximum Gasteiger partial charge on any atom is 0.323 e. The summed E-state index contributed by atoms with van der Waals surface area (Å²) in [5, 5.41) is 12.8. The Morgan fingerprint density at radius 2 is 2.26 bits per heavy atom. The van der Waals surface area contributed by atoms with E-state index in [-0.39, 0.29) is 6.04 Å². The van der Waals surface area contributed by atoms with Gasteiger partial charge >= 0.3 is 5.97 Å². The average molecular weight is 263 g/mol. The molecule has 0 saturated heterocycles. The summed E-state index contributed by atoms with van der Waals surface area (Å²) in [4.78, 5) is 11.5. The number of carboxylic acid groups (broad SMARTS) is 1. The third-order valence-electron chi connectivity index (χ3n) is 3.67. The number of hydrogen-bond acceptors (Lipinski definition) is 3. The van der Waals surface area contributed by atoms with E-state index < -0.39 is 11.5 Å². The first kappa shape index (κ1) is 13.9. The standard InChI is InChI=1S/C15H21NO3/c1-3-9-15(2,14(17)18)16-12-8-10-19-13-7-5-4-6-11(12)13/h4-7,12,16H,3,8-10H2,1-2H3,(H,17,18). The summed E-state index contributed by atoms with van der Waals surface area (Å²) in [5.41, 5.74) is 0.168. The normalized spacial score (nSPS) is 21.1. The third-order valence-corrected chi connectivity index (χ3v) is 3.67. The minimum absolute atomic E-state index is 0.0394. The van der Waals surface area contributed by atoms with E-state index in [4.69, 9.17) is 4.74 Å². The van der Waals surface area contributed by atoms with Crippen LogP contribution >= 0.6 is 0 Å². The van der Waals surface area contributed by atoms with Gasteiger partial charge in [-0.15, -0.1) is 0 Å². The van der Waals surface area contributed by atoms with Gasteiger partial charge < -0.3 is 9.84 Å². The van der Waals surface area contributed by atoms with E-state index in [0.29, 0.717) is 13.0 Å². The van der Waals surface area contributed by atoms with Crippen molar-refractivity contribution in [3.05, 3.63) is 29.8 Å². The van der Waals surface area contributed by atoms with E-state index in [0.717, 1.165) is 24.2 Å². The van der Waals surface area contributed by atoms with Gasteiger partial charge in [0.15, 0.2) is 0 Å². The first-order valence-corrected chi connectivity index (χ1v) is 6.79. The lowest BCUT2D eigenvalue weighted by Crippen LogP contribution is -2.51. The molecule has 4 nitrogen and oxygen atoms in total. The molecule has 19 heavy (non-hydrogen) atoms. The van der Waals surface area contributed by atoms with Gasteiger partial charge in [-0.2, -0.15) is 0 Å². The number of para-hydroxylation sites is 1. The Morgan fingerprint density at radius 3 is 2.95 bits per heavy atom. The number of carbonyl (C=O) groups is 1. The van der Waals surface area contributed by atoms with Crippen molar-refractivity contribution in [2.45, 2.75) is 44.7 Å². The maximum absolute atomic E-state index is 11.5. The molecule has 0 spiro atoms. The van der Waals surface area contributed by atoms with Crippen LogP contribution in [0.15, 0.2) is 24.3 Å². The van der Waals surface area contributed by atoms with Crippen LogP contribution in [0, 0.1) is 0 Å². The van der Waals surface area contributed by atoms with E-state index in [1.165, 1.54) is 0 Å². The maximum atomic E-state index is 11.5. The van der Waals surface area contributed by atoms with Crippen LogP contribution in [0.1, 0.15) is 44.7 Å². The zero-order valence-electron chi connectivity index (χ0n) is 11.5. The highest BCUT2D eigenvalue weighted by Crippen LogP contribution is 2.33. The molecule has 2 unspecified atom stereocenters. The molecule has 2 N–H and O–H groups in total. The zero-order valence-corrected chi connectivity index (χ0v) is 11.5. The van der Waals surface area contributed by atoms with Crippen molar-refractivity contribution in [2.75, 3.05) is 6.61 Å². The Bertz CT molecular complexity index is 460. The highest BCUT2D eigenvalue weighted by atomic mass is 16.5. The van der Waals surface area contributed by atoms with E-state index >= 15 is 0 Å². The minimum atomic E-state index is -0.885. The molecule has 1 aliphatic rings. The fraction of sp³-hybridized carbons (Fsp3) is 0.533. The Balaban J connectivity index is 2.22. The van der Waals surface area contributed by atoms with Crippen molar-refractivity contribution < 1.29 is 14.6 Å². The number of rotatable bonds is 5. The number of nitrogens with one attached hydrogen (secondary N) is 1. The van der Waals surface area contributed by atoms with Gasteiger partial charge in [-0.25, -0.2) is 0 Å². The van der Waals surface area contributed by atoms with Gasteiger partial charge in [0.05, 0.1) is 6.61 Å². The van der Waals surface area contributed by atoms with Crippen molar-refractivity contribution in [3.8, 4) is 5.75 Å². The van der Waals surface area contributed by atoms with Gasteiger partial charge in [0.1, 0.15) is 11.3 Å². The first-order chi connectivity index (χ1) is 9.07. The number of aliphatic carboxylic acids is 1. The molecule has 0 bridgehead atoms. The molecule has 4 heteroatoms. The number of ether oxygens (including phenoxy) is 1. The van der Waals surface area contributed by atoms with E-state index in [1.807, 2.05) is 31.2 Å². The Kier molecular flexibility index (Phi) is 4.10. The SMILES string of the molecule is CCCC(C)(NC1CCOc2ccccc21)C(=O)O. The lowest BCUT2D eigenvalue weighted by molar-refractivity contribution is -0.145. The van der Waals surface area contributed by atoms with Crippen LogP contribution in [-0.2, 0) is 4.79 Å².